The second-order valence-corrected chi connectivity index (χ2v) is 6.46. The van der Waals surface area contributed by atoms with Crippen molar-refractivity contribution in [2.75, 3.05) is 39.7 Å². The molecule has 0 saturated heterocycles. The van der Waals surface area contributed by atoms with Crippen LogP contribution in [0, 0.1) is 0 Å². The fourth-order valence-electron chi connectivity index (χ4n) is 2.61. The molecule has 0 fully saturated rings. The first-order chi connectivity index (χ1) is 12.5. The van der Waals surface area contributed by atoms with E-state index in [1.807, 2.05) is 43.3 Å². The van der Waals surface area contributed by atoms with Gasteiger partial charge in [0.15, 0.2) is 5.11 Å². The maximum atomic E-state index is 5.45. The molecule has 2 aromatic carbocycles. The van der Waals surface area contributed by atoms with E-state index in [2.05, 4.69) is 41.8 Å². The van der Waals surface area contributed by atoms with Gasteiger partial charge in [0.2, 0.25) is 0 Å². The van der Waals surface area contributed by atoms with Gasteiger partial charge < -0.3 is 25.0 Å². The van der Waals surface area contributed by atoms with Crippen LogP contribution in [0.3, 0.4) is 0 Å². The van der Waals surface area contributed by atoms with Crippen molar-refractivity contribution in [2.24, 2.45) is 0 Å². The minimum atomic E-state index is 0.171. The van der Waals surface area contributed by atoms with Crippen molar-refractivity contribution in [3.63, 3.8) is 0 Å². The van der Waals surface area contributed by atoms with Crippen LogP contribution in [0.5, 0.6) is 11.5 Å². The van der Waals surface area contributed by atoms with Crippen LogP contribution >= 0.6 is 12.2 Å². The molecule has 0 unspecified atom stereocenters. The number of nitrogens with one attached hydrogen (secondary N) is 2. The molecule has 0 aromatic heterocycles. The van der Waals surface area contributed by atoms with Crippen LogP contribution in [0.1, 0.15) is 18.5 Å². The van der Waals surface area contributed by atoms with E-state index in [-0.39, 0.29) is 6.04 Å². The van der Waals surface area contributed by atoms with Gasteiger partial charge in [0, 0.05) is 12.2 Å². The number of methoxy groups -OCH3 is 1. The molecule has 0 bridgehead atoms. The molecule has 0 spiro atoms. The third-order valence-electron chi connectivity index (χ3n) is 3.98. The first-order valence-electron chi connectivity index (χ1n) is 8.61. The van der Waals surface area contributed by atoms with Gasteiger partial charge in [-0.05, 0) is 75.2 Å². The first-order valence-corrected chi connectivity index (χ1v) is 9.02. The van der Waals surface area contributed by atoms with E-state index in [9.17, 15) is 0 Å². The Morgan fingerprint density at radius 3 is 2.46 bits per heavy atom. The molecular weight excluding hydrogens is 346 g/mol. The van der Waals surface area contributed by atoms with Gasteiger partial charge in [-0.1, -0.05) is 12.1 Å². The lowest BCUT2D eigenvalue weighted by atomic mass is 10.1. The van der Waals surface area contributed by atoms with E-state index in [0.717, 1.165) is 17.2 Å². The molecule has 6 heteroatoms. The van der Waals surface area contributed by atoms with Crippen molar-refractivity contribution in [3.8, 4) is 11.5 Å². The average molecular weight is 374 g/mol. The molecule has 0 heterocycles. The van der Waals surface area contributed by atoms with Gasteiger partial charge in [-0.15, -0.1) is 0 Å². The normalized spacial score (nSPS) is 11.7. The minimum Gasteiger partial charge on any atom is -0.497 e. The molecule has 0 amide bonds. The highest BCUT2D eigenvalue weighted by molar-refractivity contribution is 7.80. The largest absolute Gasteiger partial charge is 0.497 e. The predicted octanol–water partition coefficient (Wildman–Crippen LogP) is 3.68. The van der Waals surface area contributed by atoms with E-state index < -0.39 is 0 Å². The molecule has 2 aromatic rings. The number of ether oxygens (including phenoxy) is 2. The van der Waals surface area contributed by atoms with Crippen LogP contribution in [0.2, 0.25) is 0 Å². The Kier molecular flexibility index (Phi) is 7.69. The Morgan fingerprint density at radius 2 is 1.85 bits per heavy atom. The Bertz CT molecular complexity index is 704. The van der Waals surface area contributed by atoms with Crippen molar-refractivity contribution in [1.29, 1.82) is 0 Å². The zero-order valence-corrected chi connectivity index (χ0v) is 16.6. The maximum Gasteiger partial charge on any atom is 0.170 e. The van der Waals surface area contributed by atoms with Crippen LogP contribution < -0.4 is 20.1 Å². The molecule has 0 saturated carbocycles. The predicted molar refractivity (Wildman–Crippen MR) is 111 cm³/mol. The van der Waals surface area contributed by atoms with Crippen LogP contribution in [-0.2, 0) is 0 Å². The van der Waals surface area contributed by atoms with E-state index in [1.165, 1.54) is 5.56 Å². The zero-order chi connectivity index (χ0) is 18.9. The summed E-state index contributed by atoms with van der Waals surface area (Å²) in [7, 11) is 5.78. The SMILES string of the molecule is CCOc1ccc(NC(=S)NC[C@@H](c2cccc(OC)c2)N(C)C)cc1. The summed E-state index contributed by atoms with van der Waals surface area (Å²) in [6.45, 7) is 3.31. The van der Waals surface area contributed by atoms with Crippen molar-refractivity contribution in [1.82, 2.24) is 10.2 Å². The fourth-order valence-corrected chi connectivity index (χ4v) is 2.81. The van der Waals surface area contributed by atoms with Gasteiger partial charge in [-0.3, -0.25) is 0 Å². The third-order valence-corrected chi connectivity index (χ3v) is 4.23. The Labute approximate surface area is 161 Å². The van der Waals surface area contributed by atoms with Crippen LogP contribution in [0.4, 0.5) is 5.69 Å². The molecule has 0 radical (unpaired) electrons. The maximum absolute atomic E-state index is 5.45. The molecular formula is C20H27N3O2S. The van der Waals surface area contributed by atoms with Gasteiger partial charge in [0.05, 0.1) is 19.8 Å². The van der Waals surface area contributed by atoms with E-state index in [4.69, 9.17) is 21.7 Å². The molecule has 0 aliphatic rings. The lowest BCUT2D eigenvalue weighted by molar-refractivity contribution is 0.298. The van der Waals surface area contributed by atoms with Crippen LogP contribution in [-0.4, -0.2) is 44.4 Å². The molecule has 5 nitrogen and oxygen atoms in total. The third kappa shape index (κ3) is 5.89. The number of likely N-dealkylation sites (N-methyl/N-ethyl adjacent to an activating group) is 1. The smallest absolute Gasteiger partial charge is 0.170 e. The van der Waals surface area contributed by atoms with Gasteiger partial charge >= 0.3 is 0 Å². The number of thiocarbonyl (C=S) groups is 1. The zero-order valence-electron chi connectivity index (χ0n) is 15.8. The van der Waals surface area contributed by atoms with Crippen LogP contribution in [0.25, 0.3) is 0 Å². The number of anilines is 1. The van der Waals surface area contributed by atoms with Crippen molar-refractivity contribution in [2.45, 2.75) is 13.0 Å². The van der Waals surface area contributed by atoms with Crippen molar-refractivity contribution in [3.05, 3.63) is 54.1 Å². The number of rotatable bonds is 8. The monoisotopic (exact) mass is 373 g/mol. The quantitative estimate of drug-likeness (QED) is 0.688. The fraction of sp³-hybridized carbons (Fsp3) is 0.350. The molecule has 1 atom stereocenters. The van der Waals surface area contributed by atoms with E-state index in [0.29, 0.717) is 18.3 Å². The Balaban J connectivity index is 1.94. The summed E-state index contributed by atoms with van der Waals surface area (Å²) in [5.41, 5.74) is 2.10. The Morgan fingerprint density at radius 1 is 1.12 bits per heavy atom. The highest BCUT2D eigenvalue weighted by Crippen LogP contribution is 2.22. The standard InChI is InChI=1S/C20H27N3O2S/c1-5-25-17-11-9-16(10-12-17)22-20(26)21-14-19(23(2)3)15-7-6-8-18(13-15)24-4/h6-13,19H,5,14H2,1-4H3,(H2,21,22,26)/t19-/m0/s1. The Hall–Kier alpha value is -2.31. The molecule has 0 aliphatic heterocycles. The van der Waals surface area contributed by atoms with Gasteiger partial charge in [0.25, 0.3) is 0 Å². The summed E-state index contributed by atoms with van der Waals surface area (Å²) in [6, 6.07) is 16.0. The lowest BCUT2D eigenvalue weighted by Crippen LogP contribution is -2.36. The number of hydrogen-bond donors (Lipinski definition) is 2. The second-order valence-electron chi connectivity index (χ2n) is 6.05. The number of nitrogens with zero attached hydrogens (tertiary/aromatic N) is 1. The highest BCUT2D eigenvalue weighted by Gasteiger charge is 2.15. The summed E-state index contributed by atoms with van der Waals surface area (Å²) in [6.07, 6.45) is 0. The lowest BCUT2D eigenvalue weighted by Gasteiger charge is -2.26. The molecule has 140 valence electrons. The highest BCUT2D eigenvalue weighted by atomic mass is 32.1. The van der Waals surface area contributed by atoms with E-state index in [1.54, 1.807) is 7.11 Å². The van der Waals surface area contributed by atoms with E-state index >= 15 is 0 Å². The molecule has 2 rings (SSSR count). The minimum absolute atomic E-state index is 0.171. The molecule has 2 N–H and O–H groups in total. The topological polar surface area (TPSA) is 45.8 Å². The molecule has 26 heavy (non-hydrogen) atoms. The summed E-state index contributed by atoms with van der Waals surface area (Å²) in [4.78, 5) is 2.15. The van der Waals surface area contributed by atoms with Gasteiger partial charge in [-0.2, -0.15) is 0 Å². The average Bonchev–Trinajstić information content (AvgIpc) is 2.63. The number of hydrogen-bond acceptors (Lipinski definition) is 4. The van der Waals surface area contributed by atoms with Crippen LogP contribution in [0.15, 0.2) is 48.5 Å². The summed E-state index contributed by atoms with van der Waals surface area (Å²) in [5, 5.41) is 7.08. The second kappa shape index (κ2) is 9.99. The summed E-state index contributed by atoms with van der Waals surface area (Å²) >= 11 is 5.43. The van der Waals surface area contributed by atoms with Crippen molar-refractivity contribution >= 4 is 23.0 Å². The number of benzene rings is 2. The summed E-state index contributed by atoms with van der Waals surface area (Å²) < 4.78 is 10.8. The van der Waals surface area contributed by atoms with Crippen molar-refractivity contribution < 1.29 is 9.47 Å². The van der Waals surface area contributed by atoms with Gasteiger partial charge in [-0.25, -0.2) is 0 Å². The first kappa shape index (κ1) is 20.0. The van der Waals surface area contributed by atoms with Gasteiger partial charge in [0.1, 0.15) is 11.5 Å². The molecule has 0 aliphatic carbocycles. The summed E-state index contributed by atoms with van der Waals surface area (Å²) in [5.74, 6) is 1.70.